The smallest absolute Gasteiger partial charge is 0.475 e. The Morgan fingerprint density at radius 2 is 1.59 bits per heavy atom. The maximum atomic E-state index is 12.9. The molecule has 2 atom stereocenters. The number of carbonyl (C=O) groups is 2. The highest BCUT2D eigenvalue weighted by Crippen LogP contribution is 2.37. The Morgan fingerprint density at radius 1 is 1.03 bits per heavy atom. The number of rotatable bonds is 3. The van der Waals surface area contributed by atoms with Crippen molar-refractivity contribution in [1.29, 1.82) is 0 Å². The van der Waals surface area contributed by atoms with Crippen LogP contribution in [-0.2, 0) is 14.3 Å². The predicted molar refractivity (Wildman–Crippen MR) is 108 cm³/mol. The highest BCUT2D eigenvalue weighted by molar-refractivity contribution is 5.73. The molecule has 4 heterocycles. The van der Waals surface area contributed by atoms with Crippen LogP contribution in [0.2, 0.25) is 0 Å². The van der Waals surface area contributed by atoms with E-state index >= 15 is 0 Å². The van der Waals surface area contributed by atoms with E-state index in [2.05, 4.69) is 15.0 Å². The molecule has 0 aromatic carbocycles. The molecule has 2 aliphatic heterocycles. The van der Waals surface area contributed by atoms with Crippen molar-refractivity contribution in [3.63, 3.8) is 0 Å². The van der Waals surface area contributed by atoms with Gasteiger partial charge in [-0.25, -0.2) is 28.9 Å². The third-order valence-electron chi connectivity index (χ3n) is 4.79. The standard InChI is InChI=1S/C16H17FN4O2.2C2HF3O2/c17-12-8-19-15(20-9-12)21-6-4-16(11-21)7-13(10-22-16)23-14-3-1-2-5-18-14;2*3-2(4,5)1(6)7/h1-3,5,8-9,13H,4,6-7,10-11H2;2*(H,6,7)/t13-,16+;;/m1../s1. The zero-order valence-electron chi connectivity index (χ0n) is 18.5. The summed E-state index contributed by atoms with van der Waals surface area (Å²) in [6.07, 6.45) is -4.38. The number of pyridine rings is 1. The molecule has 0 amide bonds. The van der Waals surface area contributed by atoms with Crippen LogP contribution >= 0.6 is 0 Å². The Morgan fingerprint density at radius 3 is 2.08 bits per heavy atom. The van der Waals surface area contributed by atoms with Crippen LogP contribution in [-0.4, -0.2) is 80.9 Å². The number of anilines is 1. The fourth-order valence-corrected chi connectivity index (χ4v) is 3.23. The van der Waals surface area contributed by atoms with E-state index in [-0.39, 0.29) is 11.7 Å². The molecule has 204 valence electrons. The number of hydrogen-bond donors (Lipinski definition) is 2. The van der Waals surface area contributed by atoms with Crippen molar-refractivity contribution in [3.8, 4) is 5.88 Å². The summed E-state index contributed by atoms with van der Waals surface area (Å²) >= 11 is 0. The van der Waals surface area contributed by atoms with Gasteiger partial charge in [0, 0.05) is 25.2 Å². The van der Waals surface area contributed by atoms with Crippen LogP contribution in [0.1, 0.15) is 12.8 Å². The molecule has 4 rings (SSSR count). The first-order valence-electron chi connectivity index (χ1n) is 10.2. The Labute approximate surface area is 203 Å². The third-order valence-corrected chi connectivity index (χ3v) is 4.79. The summed E-state index contributed by atoms with van der Waals surface area (Å²) in [4.78, 5) is 32.1. The lowest BCUT2D eigenvalue weighted by Crippen LogP contribution is -2.34. The first-order valence-corrected chi connectivity index (χ1v) is 10.2. The molecule has 0 radical (unpaired) electrons. The molecule has 2 N–H and O–H groups in total. The van der Waals surface area contributed by atoms with Crippen molar-refractivity contribution in [2.45, 2.75) is 36.9 Å². The lowest BCUT2D eigenvalue weighted by molar-refractivity contribution is -0.193. The van der Waals surface area contributed by atoms with E-state index in [1.54, 1.807) is 6.20 Å². The molecule has 1 spiro atoms. The average Bonchev–Trinajstić information content (AvgIpc) is 3.40. The Kier molecular flexibility index (Phi) is 9.55. The number of aliphatic carboxylic acids is 2. The van der Waals surface area contributed by atoms with Crippen LogP contribution in [0.25, 0.3) is 0 Å². The number of aromatic nitrogens is 3. The van der Waals surface area contributed by atoms with E-state index in [9.17, 15) is 30.7 Å². The maximum absolute atomic E-state index is 12.9. The minimum absolute atomic E-state index is 0.000939. The molecular weight excluding hydrogens is 525 g/mol. The molecule has 0 bridgehead atoms. The Balaban J connectivity index is 0.000000286. The van der Waals surface area contributed by atoms with E-state index in [0.717, 1.165) is 19.4 Å². The molecule has 37 heavy (non-hydrogen) atoms. The van der Waals surface area contributed by atoms with Gasteiger partial charge in [-0.2, -0.15) is 26.3 Å². The van der Waals surface area contributed by atoms with Crippen LogP contribution in [0.4, 0.5) is 36.7 Å². The normalized spacial score (nSPS) is 20.9. The lowest BCUT2D eigenvalue weighted by atomic mass is 9.98. The molecule has 2 aromatic rings. The van der Waals surface area contributed by atoms with Crippen LogP contribution in [0, 0.1) is 5.82 Å². The second-order valence-electron chi connectivity index (χ2n) is 7.58. The summed E-state index contributed by atoms with van der Waals surface area (Å²) in [5, 5.41) is 14.2. The molecule has 2 saturated heterocycles. The molecular formula is C20H19F7N4O6. The van der Waals surface area contributed by atoms with Gasteiger partial charge in [0.25, 0.3) is 0 Å². The number of nitrogens with zero attached hydrogens (tertiary/aromatic N) is 4. The Bertz CT molecular complexity index is 1020. The molecule has 17 heteroatoms. The summed E-state index contributed by atoms with van der Waals surface area (Å²) in [7, 11) is 0. The van der Waals surface area contributed by atoms with Crippen molar-refractivity contribution in [3.05, 3.63) is 42.6 Å². The number of alkyl halides is 6. The number of carboxylic acid groups (broad SMARTS) is 2. The second-order valence-corrected chi connectivity index (χ2v) is 7.58. The number of halogens is 7. The largest absolute Gasteiger partial charge is 0.490 e. The quantitative estimate of drug-likeness (QED) is 0.555. The second kappa shape index (κ2) is 12.0. The van der Waals surface area contributed by atoms with E-state index in [0.29, 0.717) is 25.0 Å². The van der Waals surface area contributed by atoms with Gasteiger partial charge in [-0.3, -0.25) is 0 Å². The van der Waals surface area contributed by atoms with Crippen molar-refractivity contribution < 1.29 is 60.0 Å². The maximum Gasteiger partial charge on any atom is 0.490 e. The van der Waals surface area contributed by atoms with Crippen LogP contribution in [0.15, 0.2) is 36.8 Å². The fourth-order valence-electron chi connectivity index (χ4n) is 3.23. The molecule has 0 aliphatic carbocycles. The zero-order chi connectivity index (χ0) is 27.9. The summed E-state index contributed by atoms with van der Waals surface area (Å²) in [6, 6.07) is 5.60. The molecule has 10 nitrogen and oxygen atoms in total. The van der Waals surface area contributed by atoms with E-state index < -0.39 is 30.1 Å². The van der Waals surface area contributed by atoms with Crippen LogP contribution in [0.3, 0.4) is 0 Å². The first kappa shape index (κ1) is 29.5. The highest BCUT2D eigenvalue weighted by Gasteiger charge is 2.47. The third kappa shape index (κ3) is 9.32. The van der Waals surface area contributed by atoms with Crippen LogP contribution < -0.4 is 9.64 Å². The van der Waals surface area contributed by atoms with Crippen LogP contribution in [0.5, 0.6) is 5.88 Å². The highest BCUT2D eigenvalue weighted by atomic mass is 19.4. The van der Waals surface area contributed by atoms with E-state index in [4.69, 9.17) is 29.3 Å². The predicted octanol–water partition coefficient (Wildman–Crippen LogP) is 3.09. The van der Waals surface area contributed by atoms with Gasteiger partial charge in [0.1, 0.15) is 6.10 Å². The monoisotopic (exact) mass is 544 g/mol. The molecule has 2 aromatic heterocycles. The van der Waals surface area contributed by atoms with Gasteiger partial charge in [0.2, 0.25) is 11.8 Å². The number of ether oxygens (including phenoxy) is 2. The van der Waals surface area contributed by atoms with Gasteiger partial charge in [-0.05, 0) is 12.5 Å². The molecule has 2 fully saturated rings. The van der Waals surface area contributed by atoms with E-state index in [1.165, 1.54) is 12.4 Å². The summed E-state index contributed by atoms with van der Waals surface area (Å²) in [5.41, 5.74) is -0.239. The van der Waals surface area contributed by atoms with Crippen molar-refractivity contribution in [2.24, 2.45) is 0 Å². The average molecular weight is 544 g/mol. The van der Waals surface area contributed by atoms with Gasteiger partial charge in [-0.1, -0.05) is 6.07 Å². The SMILES string of the molecule is Fc1cnc(N2CC[C@]3(C[C@@H](Oc4ccccn4)CO3)C2)nc1.O=C(O)C(F)(F)F.O=C(O)C(F)(F)F. The Hall–Kier alpha value is -3.76. The van der Waals surface area contributed by atoms with Gasteiger partial charge < -0.3 is 24.6 Å². The summed E-state index contributed by atoms with van der Waals surface area (Å²) in [6.45, 7) is 2.04. The van der Waals surface area contributed by atoms with Crippen molar-refractivity contribution >= 4 is 17.9 Å². The number of carboxylic acids is 2. The van der Waals surface area contributed by atoms with Gasteiger partial charge in [0.05, 0.1) is 31.1 Å². The van der Waals surface area contributed by atoms with Gasteiger partial charge in [-0.15, -0.1) is 0 Å². The zero-order valence-corrected chi connectivity index (χ0v) is 18.5. The topological polar surface area (TPSA) is 135 Å². The minimum atomic E-state index is -5.08. The summed E-state index contributed by atoms with van der Waals surface area (Å²) < 4.78 is 88.3. The van der Waals surface area contributed by atoms with Crippen molar-refractivity contribution in [2.75, 3.05) is 24.6 Å². The lowest BCUT2D eigenvalue weighted by Gasteiger charge is -2.23. The summed E-state index contributed by atoms with van der Waals surface area (Å²) in [5.74, 6) is -4.78. The van der Waals surface area contributed by atoms with E-state index in [1.807, 2.05) is 23.1 Å². The fraction of sp³-hybridized carbons (Fsp3) is 0.450. The van der Waals surface area contributed by atoms with Gasteiger partial charge in [0.15, 0.2) is 5.82 Å². The van der Waals surface area contributed by atoms with Gasteiger partial charge >= 0.3 is 24.3 Å². The van der Waals surface area contributed by atoms with Crippen molar-refractivity contribution in [1.82, 2.24) is 15.0 Å². The number of hydrogen-bond acceptors (Lipinski definition) is 8. The molecule has 0 unspecified atom stereocenters. The first-order chi connectivity index (χ1) is 17.1. The molecule has 0 saturated carbocycles. The minimum Gasteiger partial charge on any atom is -0.475 e. The molecule has 2 aliphatic rings.